The Morgan fingerprint density at radius 3 is 2.73 bits per heavy atom. The molecular weight excluding hydrogens is 196 g/mol. The van der Waals surface area contributed by atoms with Crippen molar-refractivity contribution in [3.8, 4) is 0 Å². The first-order valence-corrected chi connectivity index (χ1v) is 5.25. The van der Waals surface area contributed by atoms with Crippen LogP contribution in [0, 0.1) is 0 Å². The summed E-state index contributed by atoms with van der Waals surface area (Å²) >= 11 is 0. The van der Waals surface area contributed by atoms with Crippen molar-refractivity contribution in [1.82, 2.24) is 5.32 Å². The van der Waals surface area contributed by atoms with E-state index in [1.165, 1.54) is 0 Å². The fourth-order valence-corrected chi connectivity index (χ4v) is 1.17. The fourth-order valence-electron chi connectivity index (χ4n) is 1.17. The highest BCUT2D eigenvalue weighted by Crippen LogP contribution is 2.32. The SMILES string of the molecule is COCCOCC(C)NC(=O)C1(N)CC1. The van der Waals surface area contributed by atoms with E-state index in [0.29, 0.717) is 19.8 Å². The number of nitrogens with one attached hydrogen (secondary N) is 1. The maximum absolute atomic E-state index is 11.5. The molecule has 0 aromatic rings. The predicted molar refractivity (Wildman–Crippen MR) is 56.5 cm³/mol. The Hall–Kier alpha value is -0.650. The molecule has 88 valence electrons. The summed E-state index contributed by atoms with van der Waals surface area (Å²) < 4.78 is 10.1. The van der Waals surface area contributed by atoms with Gasteiger partial charge in [0, 0.05) is 13.2 Å². The summed E-state index contributed by atoms with van der Waals surface area (Å²) in [4.78, 5) is 11.5. The lowest BCUT2D eigenvalue weighted by molar-refractivity contribution is -0.124. The molecule has 0 heterocycles. The predicted octanol–water partition coefficient (Wildman–Crippen LogP) is -0.355. The van der Waals surface area contributed by atoms with Crippen LogP contribution in [0.3, 0.4) is 0 Å². The van der Waals surface area contributed by atoms with Crippen molar-refractivity contribution in [2.45, 2.75) is 31.3 Å². The molecule has 1 saturated carbocycles. The minimum absolute atomic E-state index is 0.00428. The minimum Gasteiger partial charge on any atom is -0.382 e. The molecule has 1 rings (SSSR count). The van der Waals surface area contributed by atoms with Crippen molar-refractivity contribution < 1.29 is 14.3 Å². The maximum Gasteiger partial charge on any atom is 0.240 e. The van der Waals surface area contributed by atoms with Crippen LogP contribution in [-0.2, 0) is 14.3 Å². The third-order valence-electron chi connectivity index (χ3n) is 2.42. The third kappa shape index (κ3) is 4.15. The summed E-state index contributed by atoms with van der Waals surface area (Å²) in [5.74, 6) is -0.0645. The van der Waals surface area contributed by atoms with Gasteiger partial charge in [-0.15, -0.1) is 0 Å². The van der Waals surface area contributed by atoms with Crippen LogP contribution in [-0.4, -0.2) is 44.4 Å². The Kier molecular flexibility index (Phi) is 4.50. The van der Waals surface area contributed by atoms with Crippen LogP contribution in [0.2, 0.25) is 0 Å². The maximum atomic E-state index is 11.5. The molecule has 0 aliphatic heterocycles. The number of rotatable bonds is 7. The Morgan fingerprint density at radius 1 is 1.53 bits per heavy atom. The second-order valence-corrected chi connectivity index (χ2v) is 4.10. The molecule has 0 spiro atoms. The van der Waals surface area contributed by atoms with Crippen LogP contribution in [0.5, 0.6) is 0 Å². The van der Waals surface area contributed by atoms with Gasteiger partial charge in [0.25, 0.3) is 0 Å². The van der Waals surface area contributed by atoms with Gasteiger partial charge in [0.15, 0.2) is 0 Å². The van der Waals surface area contributed by atoms with E-state index in [2.05, 4.69) is 5.32 Å². The van der Waals surface area contributed by atoms with Crippen molar-refractivity contribution in [1.29, 1.82) is 0 Å². The fraction of sp³-hybridized carbons (Fsp3) is 0.900. The normalized spacial score (nSPS) is 19.7. The zero-order valence-corrected chi connectivity index (χ0v) is 9.41. The van der Waals surface area contributed by atoms with Gasteiger partial charge >= 0.3 is 0 Å². The summed E-state index contributed by atoms with van der Waals surface area (Å²) in [7, 11) is 1.62. The van der Waals surface area contributed by atoms with Crippen LogP contribution in [0.4, 0.5) is 0 Å². The van der Waals surface area contributed by atoms with Crippen LogP contribution in [0.1, 0.15) is 19.8 Å². The van der Waals surface area contributed by atoms with Gasteiger partial charge in [0.1, 0.15) is 0 Å². The number of hydrogen-bond acceptors (Lipinski definition) is 4. The molecule has 0 saturated heterocycles. The Labute approximate surface area is 90.3 Å². The first-order valence-electron chi connectivity index (χ1n) is 5.25. The average Bonchev–Trinajstić information content (AvgIpc) is 2.93. The van der Waals surface area contributed by atoms with E-state index in [0.717, 1.165) is 12.8 Å². The lowest BCUT2D eigenvalue weighted by atomic mass is 10.2. The van der Waals surface area contributed by atoms with E-state index < -0.39 is 5.54 Å². The van der Waals surface area contributed by atoms with Gasteiger partial charge in [-0.3, -0.25) is 4.79 Å². The van der Waals surface area contributed by atoms with Gasteiger partial charge in [0.2, 0.25) is 5.91 Å². The van der Waals surface area contributed by atoms with Crippen molar-refractivity contribution in [2.24, 2.45) is 5.73 Å². The number of hydrogen-bond donors (Lipinski definition) is 2. The summed E-state index contributed by atoms with van der Waals surface area (Å²) in [6.07, 6.45) is 1.58. The van der Waals surface area contributed by atoms with Crippen LogP contribution in [0.25, 0.3) is 0 Å². The third-order valence-corrected chi connectivity index (χ3v) is 2.42. The first kappa shape index (κ1) is 12.4. The van der Waals surface area contributed by atoms with Crippen LogP contribution in [0.15, 0.2) is 0 Å². The highest BCUT2D eigenvalue weighted by atomic mass is 16.5. The molecule has 1 amide bonds. The van der Waals surface area contributed by atoms with E-state index in [-0.39, 0.29) is 11.9 Å². The quantitative estimate of drug-likeness (QED) is 0.570. The van der Waals surface area contributed by atoms with Gasteiger partial charge in [-0.2, -0.15) is 0 Å². The van der Waals surface area contributed by atoms with Gasteiger partial charge in [-0.1, -0.05) is 0 Å². The van der Waals surface area contributed by atoms with Crippen molar-refractivity contribution in [3.63, 3.8) is 0 Å². The number of ether oxygens (including phenoxy) is 2. The highest BCUT2D eigenvalue weighted by molar-refractivity contribution is 5.89. The second kappa shape index (κ2) is 5.44. The first-order chi connectivity index (χ1) is 7.08. The second-order valence-electron chi connectivity index (χ2n) is 4.10. The largest absolute Gasteiger partial charge is 0.382 e. The lowest BCUT2D eigenvalue weighted by Gasteiger charge is -2.16. The van der Waals surface area contributed by atoms with Gasteiger partial charge in [0.05, 0.1) is 25.4 Å². The van der Waals surface area contributed by atoms with Gasteiger partial charge in [-0.05, 0) is 19.8 Å². The monoisotopic (exact) mass is 216 g/mol. The molecule has 5 heteroatoms. The smallest absolute Gasteiger partial charge is 0.240 e. The molecule has 3 N–H and O–H groups in total. The number of carbonyl (C=O) groups is 1. The molecular formula is C10H20N2O3. The molecule has 0 radical (unpaired) electrons. The van der Waals surface area contributed by atoms with E-state index >= 15 is 0 Å². The summed E-state index contributed by atoms with van der Waals surface area (Å²) in [6.45, 7) is 3.51. The average molecular weight is 216 g/mol. The Balaban J connectivity index is 2.07. The standard InChI is InChI=1S/C10H20N2O3/c1-8(7-15-6-5-14-2)12-9(13)10(11)3-4-10/h8H,3-7,11H2,1-2H3,(H,12,13). The summed E-state index contributed by atoms with van der Waals surface area (Å²) in [5.41, 5.74) is 5.15. The van der Waals surface area contributed by atoms with Crippen molar-refractivity contribution >= 4 is 5.91 Å². The van der Waals surface area contributed by atoms with Gasteiger partial charge in [-0.25, -0.2) is 0 Å². The van der Waals surface area contributed by atoms with E-state index in [9.17, 15) is 4.79 Å². The molecule has 15 heavy (non-hydrogen) atoms. The molecule has 0 bridgehead atoms. The van der Waals surface area contributed by atoms with Gasteiger partial charge < -0.3 is 20.5 Å². The number of amides is 1. The summed E-state index contributed by atoms with van der Waals surface area (Å²) in [6, 6.07) is -0.00428. The zero-order chi connectivity index (χ0) is 11.3. The number of methoxy groups -OCH3 is 1. The lowest BCUT2D eigenvalue weighted by Crippen LogP contribution is -2.47. The molecule has 0 aromatic carbocycles. The Morgan fingerprint density at radius 2 is 2.20 bits per heavy atom. The zero-order valence-electron chi connectivity index (χ0n) is 9.41. The topological polar surface area (TPSA) is 73.6 Å². The molecule has 0 aromatic heterocycles. The van der Waals surface area contributed by atoms with Crippen LogP contribution < -0.4 is 11.1 Å². The number of carbonyl (C=O) groups excluding carboxylic acids is 1. The van der Waals surface area contributed by atoms with E-state index in [1.807, 2.05) is 6.92 Å². The van der Waals surface area contributed by atoms with Crippen molar-refractivity contribution in [2.75, 3.05) is 26.9 Å². The summed E-state index contributed by atoms with van der Waals surface area (Å²) in [5, 5.41) is 2.83. The van der Waals surface area contributed by atoms with Crippen molar-refractivity contribution in [3.05, 3.63) is 0 Å². The molecule has 1 atom stereocenters. The minimum atomic E-state index is -0.596. The molecule has 1 unspecified atom stereocenters. The van der Waals surface area contributed by atoms with E-state index in [1.54, 1.807) is 7.11 Å². The molecule has 1 aliphatic rings. The van der Waals surface area contributed by atoms with E-state index in [4.69, 9.17) is 15.2 Å². The van der Waals surface area contributed by atoms with Crippen LogP contribution >= 0.6 is 0 Å². The highest BCUT2D eigenvalue weighted by Gasteiger charge is 2.46. The number of nitrogens with two attached hydrogens (primary N) is 1. The molecule has 1 fully saturated rings. The molecule has 1 aliphatic carbocycles. The Bertz CT molecular complexity index is 217. The molecule has 5 nitrogen and oxygen atoms in total.